The molecule has 0 aliphatic carbocycles. The second-order valence-corrected chi connectivity index (χ2v) is 6.58. The number of ether oxygens (including phenoxy) is 1. The van der Waals surface area contributed by atoms with Crippen molar-refractivity contribution in [2.45, 2.75) is 31.8 Å². The number of fused-ring (bicyclic) bond motifs is 1. The number of nitrogens with zero attached hydrogens (tertiary/aromatic N) is 1. The Bertz CT molecular complexity index is 517. The van der Waals surface area contributed by atoms with Crippen LogP contribution in [0.2, 0.25) is 0 Å². The van der Waals surface area contributed by atoms with Gasteiger partial charge in [0.1, 0.15) is 5.82 Å². The highest BCUT2D eigenvalue weighted by atomic mass is 32.2. The van der Waals surface area contributed by atoms with Crippen LogP contribution in [-0.4, -0.2) is 36.7 Å². The SMILES string of the molecule is O=C(CSC[C@H]1CCCCO1)N1CCc2cccc(F)c21. The van der Waals surface area contributed by atoms with Gasteiger partial charge in [-0.1, -0.05) is 12.1 Å². The van der Waals surface area contributed by atoms with E-state index in [0.717, 1.165) is 37.2 Å². The molecule has 0 saturated carbocycles. The van der Waals surface area contributed by atoms with Crippen molar-refractivity contribution in [3.8, 4) is 0 Å². The topological polar surface area (TPSA) is 29.5 Å². The number of para-hydroxylation sites is 1. The van der Waals surface area contributed by atoms with E-state index in [1.54, 1.807) is 22.7 Å². The van der Waals surface area contributed by atoms with Crippen molar-refractivity contribution in [1.82, 2.24) is 0 Å². The molecule has 1 fully saturated rings. The first-order valence-corrected chi connectivity index (χ1v) is 8.68. The zero-order chi connectivity index (χ0) is 14.7. The first-order valence-electron chi connectivity index (χ1n) is 7.53. The van der Waals surface area contributed by atoms with Gasteiger partial charge < -0.3 is 9.64 Å². The number of anilines is 1. The van der Waals surface area contributed by atoms with Gasteiger partial charge in [0, 0.05) is 18.9 Å². The monoisotopic (exact) mass is 309 g/mol. The van der Waals surface area contributed by atoms with Crippen LogP contribution < -0.4 is 4.90 Å². The Hall–Kier alpha value is -1.07. The van der Waals surface area contributed by atoms with Crippen molar-refractivity contribution >= 4 is 23.4 Å². The molecule has 1 saturated heterocycles. The van der Waals surface area contributed by atoms with Gasteiger partial charge in [-0.05, 0) is 37.3 Å². The number of carbonyl (C=O) groups is 1. The summed E-state index contributed by atoms with van der Waals surface area (Å²) in [5, 5.41) is 0. The van der Waals surface area contributed by atoms with Crippen molar-refractivity contribution in [1.29, 1.82) is 0 Å². The maximum Gasteiger partial charge on any atom is 0.237 e. The van der Waals surface area contributed by atoms with E-state index in [1.807, 2.05) is 6.07 Å². The highest BCUT2D eigenvalue weighted by molar-refractivity contribution is 8.00. The molecule has 3 nitrogen and oxygen atoms in total. The molecule has 3 rings (SSSR count). The van der Waals surface area contributed by atoms with Gasteiger partial charge in [-0.15, -0.1) is 11.8 Å². The van der Waals surface area contributed by atoms with E-state index < -0.39 is 0 Å². The van der Waals surface area contributed by atoms with Crippen LogP contribution in [-0.2, 0) is 16.0 Å². The maximum absolute atomic E-state index is 13.9. The molecule has 1 aromatic rings. The van der Waals surface area contributed by atoms with Crippen LogP contribution in [0.4, 0.5) is 10.1 Å². The Morgan fingerprint density at radius 1 is 1.43 bits per heavy atom. The van der Waals surface area contributed by atoms with Crippen LogP contribution >= 0.6 is 11.8 Å². The average Bonchev–Trinajstić information content (AvgIpc) is 2.94. The molecule has 2 aliphatic rings. The van der Waals surface area contributed by atoms with Crippen molar-refractivity contribution in [3.05, 3.63) is 29.6 Å². The van der Waals surface area contributed by atoms with Gasteiger partial charge in [0.25, 0.3) is 0 Å². The minimum absolute atomic E-state index is 0.000315. The van der Waals surface area contributed by atoms with E-state index in [2.05, 4.69) is 0 Å². The molecule has 0 bridgehead atoms. The molecule has 1 aromatic carbocycles. The summed E-state index contributed by atoms with van der Waals surface area (Å²) < 4.78 is 19.5. The number of amides is 1. The summed E-state index contributed by atoms with van der Waals surface area (Å²) in [4.78, 5) is 13.9. The third kappa shape index (κ3) is 3.40. The van der Waals surface area contributed by atoms with Crippen LogP contribution in [0.5, 0.6) is 0 Å². The second-order valence-electron chi connectivity index (χ2n) is 5.55. The molecule has 5 heteroatoms. The largest absolute Gasteiger partial charge is 0.377 e. The third-order valence-electron chi connectivity index (χ3n) is 4.05. The first kappa shape index (κ1) is 14.9. The zero-order valence-electron chi connectivity index (χ0n) is 12.0. The van der Waals surface area contributed by atoms with Crippen LogP contribution in [0.25, 0.3) is 0 Å². The lowest BCUT2D eigenvalue weighted by Gasteiger charge is -2.22. The van der Waals surface area contributed by atoms with Crippen molar-refractivity contribution in [2.24, 2.45) is 0 Å². The number of benzene rings is 1. The predicted molar refractivity (Wildman–Crippen MR) is 83.4 cm³/mol. The van der Waals surface area contributed by atoms with E-state index in [-0.39, 0.29) is 17.8 Å². The van der Waals surface area contributed by atoms with Gasteiger partial charge >= 0.3 is 0 Å². The van der Waals surface area contributed by atoms with Crippen LogP contribution in [0.3, 0.4) is 0 Å². The Labute approximate surface area is 128 Å². The van der Waals surface area contributed by atoms with Gasteiger partial charge in [-0.2, -0.15) is 0 Å². The Kier molecular flexibility index (Phi) is 4.80. The molecule has 2 heterocycles. The van der Waals surface area contributed by atoms with Gasteiger partial charge in [-0.3, -0.25) is 4.79 Å². The minimum Gasteiger partial charge on any atom is -0.377 e. The number of carbonyl (C=O) groups excluding carboxylic acids is 1. The summed E-state index contributed by atoms with van der Waals surface area (Å²) in [7, 11) is 0. The molecule has 1 amide bonds. The smallest absolute Gasteiger partial charge is 0.237 e. The van der Waals surface area contributed by atoms with Crippen molar-refractivity contribution in [2.75, 3.05) is 29.6 Å². The second kappa shape index (κ2) is 6.79. The Morgan fingerprint density at radius 2 is 2.33 bits per heavy atom. The average molecular weight is 309 g/mol. The quantitative estimate of drug-likeness (QED) is 0.856. The number of hydrogen-bond donors (Lipinski definition) is 0. The lowest BCUT2D eigenvalue weighted by Crippen LogP contribution is -2.32. The van der Waals surface area contributed by atoms with E-state index in [4.69, 9.17) is 4.74 Å². The standard InChI is InChI=1S/C16H20FNO2S/c17-14-6-3-4-12-7-8-18(16(12)14)15(19)11-21-10-13-5-1-2-9-20-13/h3-4,6,13H,1-2,5,7-11H2/t13-/m1/s1. The van der Waals surface area contributed by atoms with Gasteiger partial charge in [0.2, 0.25) is 5.91 Å². The summed E-state index contributed by atoms with van der Waals surface area (Å²) in [5.41, 5.74) is 1.42. The van der Waals surface area contributed by atoms with Crippen LogP contribution in [0.1, 0.15) is 24.8 Å². The fourth-order valence-corrected chi connectivity index (χ4v) is 3.93. The molecule has 0 radical (unpaired) electrons. The molecule has 0 spiro atoms. The zero-order valence-corrected chi connectivity index (χ0v) is 12.8. The Morgan fingerprint density at radius 3 is 3.14 bits per heavy atom. The predicted octanol–water partition coefficient (Wildman–Crippen LogP) is 3.02. The molecule has 2 aliphatic heterocycles. The van der Waals surface area contributed by atoms with Gasteiger partial charge in [0.15, 0.2) is 0 Å². The third-order valence-corrected chi connectivity index (χ3v) is 5.11. The molecular formula is C16H20FNO2S. The number of halogens is 1. The van der Waals surface area contributed by atoms with Crippen molar-refractivity contribution < 1.29 is 13.9 Å². The highest BCUT2D eigenvalue weighted by Crippen LogP contribution is 2.31. The van der Waals surface area contributed by atoms with E-state index >= 15 is 0 Å². The van der Waals surface area contributed by atoms with Gasteiger partial charge in [0.05, 0.1) is 17.5 Å². The van der Waals surface area contributed by atoms with E-state index in [9.17, 15) is 9.18 Å². The van der Waals surface area contributed by atoms with Gasteiger partial charge in [-0.25, -0.2) is 4.39 Å². The summed E-state index contributed by atoms with van der Waals surface area (Å²) >= 11 is 1.60. The lowest BCUT2D eigenvalue weighted by molar-refractivity contribution is -0.116. The maximum atomic E-state index is 13.9. The number of hydrogen-bond acceptors (Lipinski definition) is 3. The first-order chi connectivity index (χ1) is 10.3. The summed E-state index contributed by atoms with van der Waals surface area (Å²) in [6.07, 6.45) is 4.46. The molecule has 114 valence electrons. The summed E-state index contributed by atoms with van der Waals surface area (Å²) in [6, 6.07) is 5.03. The minimum atomic E-state index is -0.293. The van der Waals surface area contributed by atoms with E-state index in [0.29, 0.717) is 18.0 Å². The lowest BCUT2D eigenvalue weighted by atomic mass is 10.1. The summed E-state index contributed by atoms with van der Waals surface area (Å²) in [5.74, 6) is 0.954. The molecule has 0 N–H and O–H groups in total. The molecule has 1 atom stereocenters. The normalized spacial score (nSPS) is 21.4. The molecule has 21 heavy (non-hydrogen) atoms. The highest BCUT2D eigenvalue weighted by Gasteiger charge is 2.27. The number of thioether (sulfide) groups is 1. The van der Waals surface area contributed by atoms with Crippen LogP contribution in [0, 0.1) is 5.82 Å². The molecule has 0 unspecified atom stereocenters. The fourth-order valence-electron chi connectivity index (χ4n) is 2.95. The molecular weight excluding hydrogens is 289 g/mol. The Balaban J connectivity index is 1.53. The molecule has 0 aromatic heterocycles. The fraction of sp³-hybridized carbons (Fsp3) is 0.562. The van der Waals surface area contributed by atoms with Crippen molar-refractivity contribution in [3.63, 3.8) is 0 Å². The van der Waals surface area contributed by atoms with Crippen LogP contribution in [0.15, 0.2) is 18.2 Å². The summed E-state index contributed by atoms with van der Waals surface area (Å²) in [6.45, 7) is 1.43. The van der Waals surface area contributed by atoms with E-state index in [1.165, 1.54) is 12.5 Å². The number of rotatable bonds is 4.